The predicted octanol–water partition coefficient (Wildman–Crippen LogP) is 13.7. The minimum atomic E-state index is -0.284. The predicted molar refractivity (Wildman–Crippen MR) is 248 cm³/mol. The molecule has 0 spiro atoms. The Morgan fingerprint density at radius 1 is 0.467 bits per heavy atom. The van der Waals surface area contributed by atoms with Crippen LogP contribution in [0, 0.1) is 0 Å². The van der Waals surface area contributed by atoms with E-state index in [0.717, 1.165) is 94.1 Å². The summed E-state index contributed by atoms with van der Waals surface area (Å²) in [7, 11) is 0. The van der Waals surface area contributed by atoms with Crippen molar-refractivity contribution in [3.8, 4) is 22.3 Å². The van der Waals surface area contributed by atoms with Gasteiger partial charge in [0.1, 0.15) is 22.3 Å². The second-order valence-corrected chi connectivity index (χ2v) is 17.6. The standard InChI is InChI=1S/C54H35BN2O3/c1-54(2,3)31-24-25-40(37(28-31)30-14-5-4-6-15-30)56-41-26-27-45-47(35-18-9-11-22-43(35)58-45)49(41)55-48-38(29-39-32-16-7-10-21-42(32)59-52(39)51(48)56)33-19-13-20-36-46-34-17-8-12-23-44(34)60-53(46)57(55)50(33)36/h4-29H,1-3H3. The van der Waals surface area contributed by atoms with Crippen molar-refractivity contribution < 1.29 is 13.3 Å². The molecular formula is C54H35BN2O3. The molecule has 0 radical (unpaired) electrons. The second-order valence-electron chi connectivity index (χ2n) is 17.6. The van der Waals surface area contributed by atoms with Crippen LogP contribution in [0.5, 0.6) is 0 Å². The van der Waals surface area contributed by atoms with Gasteiger partial charge in [0.05, 0.1) is 16.8 Å². The zero-order valence-corrected chi connectivity index (χ0v) is 33.2. The van der Waals surface area contributed by atoms with Crippen molar-refractivity contribution in [2.45, 2.75) is 26.2 Å². The van der Waals surface area contributed by atoms with Crippen molar-refractivity contribution in [2.75, 3.05) is 4.90 Å². The number of fused-ring (bicyclic) bond motifs is 17. The van der Waals surface area contributed by atoms with Crippen LogP contribution in [-0.2, 0) is 5.41 Å². The maximum atomic E-state index is 7.14. The van der Waals surface area contributed by atoms with Gasteiger partial charge in [0, 0.05) is 54.6 Å². The summed E-state index contributed by atoms with van der Waals surface area (Å²) in [5.74, 6) is 0. The molecule has 6 heteroatoms. The summed E-state index contributed by atoms with van der Waals surface area (Å²) in [6, 6.07) is 56.9. The summed E-state index contributed by atoms with van der Waals surface area (Å²) in [4.78, 5) is 2.51. The van der Waals surface area contributed by atoms with Crippen LogP contribution in [0.1, 0.15) is 26.3 Å². The molecule has 14 rings (SSSR count). The largest absolute Gasteiger partial charge is 0.456 e. The Morgan fingerprint density at radius 3 is 1.92 bits per heavy atom. The minimum Gasteiger partial charge on any atom is -0.456 e. The molecule has 6 heterocycles. The minimum absolute atomic E-state index is 0.0613. The van der Waals surface area contributed by atoms with Crippen molar-refractivity contribution in [1.29, 1.82) is 0 Å². The summed E-state index contributed by atoms with van der Waals surface area (Å²) < 4.78 is 23.4. The monoisotopic (exact) mass is 770 g/mol. The normalized spacial score (nSPS) is 13.5. The molecule has 0 saturated carbocycles. The molecule has 0 atom stereocenters. The van der Waals surface area contributed by atoms with Crippen LogP contribution in [-0.4, -0.2) is 11.3 Å². The molecule has 0 N–H and O–H groups in total. The Labute approximate surface area is 344 Å². The molecule has 282 valence electrons. The number of rotatable bonds is 2. The van der Waals surface area contributed by atoms with E-state index in [4.69, 9.17) is 13.3 Å². The molecule has 12 aromatic rings. The van der Waals surface area contributed by atoms with E-state index in [1.165, 1.54) is 38.5 Å². The highest BCUT2D eigenvalue weighted by molar-refractivity contribution is 6.92. The average molecular weight is 771 g/mol. The van der Waals surface area contributed by atoms with E-state index in [-0.39, 0.29) is 12.3 Å². The van der Waals surface area contributed by atoms with E-state index in [1.54, 1.807) is 0 Å². The number of hydrogen-bond donors (Lipinski definition) is 0. The first-order chi connectivity index (χ1) is 29.4. The Hall–Kier alpha value is -7.44. The van der Waals surface area contributed by atoms with E-state index < -0.39 is 0 Å². The number of nitrogens with zero attached hydrogens (tertiary/aromatic N) is 2. The van der Waals surface area contributed by atoms with Crippen LogP contribution in [0.15, 0.2) is 171 Å². The smallest absolute Gasteiger partial charge is 0.337 e. The molecule has 4 aromatic heterocycles. The molecule has 60 heavy (non-hydrogen) atoms. The van der Waals surface area contributed by atoms with Crippen LogP contribution in [0.2, 0.25) is 0 Å². The molecular weight excluding hydrogens is 735 g/mol. The first-order valence-corrected chi connectivity index (χ1v) is 20.8. The lowest BCUT2D eigenvalue weighted by atomic mass is 9.44. The van der Waals surface area contributed by atoms with E-state index in [1.807, 2.05) is 0 Å². The molecule has 2 aliphatic heterocycles. The van der Waals surface area contributed by atoms with Gasteiger partial charge in [0.15, 0.2) is 11.3 Å². The van der Waals surface area contributed by atoms with Crippen LogP contribution >= 0.6 is 0 Å². The molecule has 5 nitrogen and oxygen atoms in total. The molecule has 8 aromatic carbocycles. The fraction of sp³-hybridized carbons (Fsp3) is 0.0741. The lowest BCUT2D eigenvalue weighted by Gasteiger charge is -2.41. The molecule has 2 aliphatic rings. The SMILES string of the molecule is CC(C)(C)c1ccc(N2c3ccc4oc5ccccc5c4c3B3c4c(cc5c(oc6ccccc65)c42)-c2cccc4c5c6ccccc6oc5n3c24)c(-c2ccccc2)c1. The molecule has 0 bridgehead atoms. The van der Waals surface area contributed by atoms with Gasteiger partial charge in [-0.25, -0.2) is 0 Å². The highest BCUT2D eigenvalue weighted by Crippen LogP contribution is 2.53. The average Bonchev–Trinajstić information content (AvgIpc) is 4.04. The van der Waals surface area contributed by atoms with Gasteiger partial charge in [-0.3, -0.25) is 0 Å². The van der Waals surface area contributed by atoms with Crippen molar-refractivity contribution in [2.24, 2.45) is 0 Å². The van der Waals surface area contributed by atoms with Crippen LogP contribution in [0.25, 0.3) is 99.1 Å². The maximum absolute atomic E-state index is 7.14. The third kappa shape index (κ3) is 4.03. The lowest BCUT2D eigenvalue weighted by Crippen LogP contribution is -2.57. The number of anilines is 3. The van der Waals surface area contributed by atoms with Gasteiger partial charge in [0.25, 0.3) is 0 Å². The number of hydrogen-bond acceptors (Lipinski definition) is 4. The number of furan rings is 3. The van der Waals surface area contributed by atoms with Crippen LogP contribution in [0.3, 0.4) is 0 Å². The summed E-state index contributed by atoms with van der Waals surface area (Å²) in [6.07, 6.45) is 0. The Morgan fingerprint density at radius 2 is 1.13 bits per heavy atom. The maximum Gasteiger partial charge on any atom is 0.337 e. The topological polar surface area (TPSA) is 47.6 Å². The zero-order chi connectivity index (χ0) is 39.6. The third-order valence-corrected chi connectivity index (χ3v) is 13.3. The summed E-state index contributed by atoms with van der Waals surface area (Å²) in [6.45, 7) is 6.58. The van der Waals surface area contributed by atoms with Gasteiger partial charge < -0.3 is 22.6 Å². The van der Waals surface area contributed by atoms with Crippen molar-refractivity contribution in [3.63, 3.8) is 0 Å². The van der Waals surface area contributed by atoms with E-state index in [0.29, 0.717) is 0 Å². The highest BCUT2D eigenvalue weighted by atomic mass is 16.3. The summed E-state index contributed by atoms with van der Waals surface area (Å²) >= 11 is 0. The zero-order valence-electron chi connectivity index (χ0n) is 33.2. The van der Waals surface area contributed by atoms with Crippen molar-refractivity contribution >= 4 is 112 Å². The molecule has 0 fully saturated rings. The number of aromatic nitrogens is 1. The van der Waals surface area contributed by atoms with E-state index >= 15 is 0 Å². The molecule has 0 aliphatic carbocycles. The second kappa shape index (κ2) is 11.2. The first kappa shape index (κ1) is 32.5. The lowest BCUT2D eigenvalue weighted by molar-refractivity contribution is 0.590. The van der Waals surface area contributed by atoms with Gasteiger partial charge >= 0.3 is 6.85 Å². The fourth-order valence-corrected chi connectivity index (χ4v) is 10.7. The summed E-state index contributed by atoms with van der Waals surface area (Å²) in [5, 5.41) is 7.85. The van der Waals surface area contributed by atoms with E-state index in [2.05, 4.69) is 188 Å². The van der Waals surface area contributed by atoms with Crippen molar-refractivity contribution in [1.82, 2.24) is 4.48 Å². The highest BCUT2D eigenvalue weighted by Gasteiger charge is 2.47. The molecule has 0 saturated heterocycles. The number of benzene rings is 8. The Bertz CT molecular complexity index is 3840. The molecule has 0 amide bonds. The Balaban J connectivity index is 1.23. The number of para-hydroxylation sites is 4. The molecule has 0 unspecified atom stereocenters. The van der Waals surface area contributed by atoms with Gasteiger partial charge in [-0.2, -0.15) is 0 Å². The van der Waals surface area contributed by atoms with Gasteiger partial charge in [-0.05, 0) is 81.6 Å². The van der Waals surface area contributed by atoms with Gasteiger partial charge in [0.2, 0.25) is 0 Å². The van der Waals surface area contributed by atoms with Crippen LogP contribution in [0.4, 0.5) is 17.1 Å². The van der Waals surface area contributed by atoms with Gasteiger partial charge in [-0.1, -0.05) is 130 Å². The first-order valence-electron chi connectivity index (χ1n) is 20.8. The van der Waals surface area contributed by atoms with Crippen molar-refractivity contribution in [3.05, 3.63) is 163 Å². The fourth-order valence-electron chi connectivity index (χ4n) is 10.7. The quantitative estimate of drug-likeness (QED) is 0.164. The summed E-state index contributed by atoms with van der Waals surface area (Å²) in [5.41, 5.74) is 17.9. The van der Waals surface area contributed by atoms with Gasteiger partial charge in [-0.15, -0.1) is 0 Å². The third-order valence-electron chi connectivity index (χ3n) is 13.3. The van der Waals surface area contributed by atoms with Crippen LogP contribution < -0.4 is 15.8 Å². The van der Waals surface area contributed by atoms with E-state index in [9.17, 15) is 0 Å². The Kier molecular flexibility index (Phi) is 6.06.